The summed E-state index contributed by atoms with van der Waals surface area (Å²) in [6, 6.07) is 9.69. The van der Waals surface area contributed by atoms with Crippen LogP contribution < -0.4 is 11.1 Å². The van der Waals surface area contributed by atoms with E-state index in [1.54, 1.807) is 17.4 Å². The van der Waals surface area contributed by atoms with Crippen molar-refractivity contribution in [1.82, 2.24) is 9.80 Å². The molecule has 122 valence electrons. The number of thiophene rings is 1. The Labute approximate surface area is 140 Å². The van der Waals surface area contributed by atoms with Gasteiger partial charge in [-0.15, -0.1) is 11.3 Å². The highest BCUT2D eigenvalue weighted by atomic mass is 32.1. The van der Waals surface area contributed by atoms with Crippen LogP contribution in [-0.2, 0) is 6.54 Å². The molecule has 2 heterocycles. The number of hydrogen-bond acceptors (Lipinski definition) is 5. The van der Waals surface area contributed by atoms with E-state index in [2.05, 4.69) is 27.7 Å². The van der Waals surface area contributed by atoms with Crippen molar-refractivity contribution in [2.75, 3.05) is 44.3 Å². The molecule has 0 atom stereocenters. The molecule has 6 heteroatoms. The van der Waals surface area contributed by atoms with Gasteiger partial charge in [0, 0.05) is 50.2 Å². The van der Waals surface area contributed by atoms with Crippen LogP contribution in [0.25, 0.3) is 0 Å². The predicted molar refractivity (Wildman–Crippen MR) is 95.9 cm³/mol. The first-order chi connectivity index (χ1) is 11.2. The highest BCUT2D eigenvalue weighted by molar-refractivity contribution is 7.09. The predicted octanol–water partition coefficient (Wildman–Crippen LogP) is 2.33. The summed E-state index contributed by atoms with van der Waals surface area (Å²) in [7, 11) is 1.82. The van der Waals surface area contributed by atoms with E-state index in [1.807, 2.05) is 24.1 Å². The van der Waals surface area contributed by atoms with Gasteiger partial charge in [-0.05, 0) is 29.6 Å². The van der Waals surface area contributed by atoms with Crippen molar-refractivity contribution in [1.29, 1.82) is 0 Å². The molecule has 0 saturated carbocycles. The van der Waals surface area contributed by atoms with Crippen molar-refractivity contribution in [3.8, 4) is 0 Å². The number of nitrogen functional groups attached to an aromatic ring is 1. The highest BCUT2D eigenvalue weighted by Gasteiger charge is 2.22. The monoisotopic (exact) mass is 330 g/mol. The first kappa shape index (κ1) is 15.8. The van der Waals surface area contributed by atoms with E-state index in [9.17, 15) is 4.79 Å². The summed E-state index contributed by atoms with van der Waals surface area (Å²) in [5.41, 5.74) is 8.07. The third kappa shape index (κ3) is 3.65. The standard InChI is InChI=1S/C17H22N4OS/c1-19-16-5-4-13(11-15(16)18)17(22)21-8-6-20(7-9-21)12-14-3-2-10-23-14/h2-5,10-11,19H,6-9,12,18H2,1H3. The fraction of sp³-hybridized carbons (Fsp3) is 0.353. The number of hydrogen-bond donors (Lipinski definition) is 2. The molecule has 0 aliphatic carbocycles. The Balaban J connectivity index is 1.58. The van der Waals surface area contributed by atoms with Crippen LogP contribution >= 0.6 is 11.3 Å². The van der Waals surface area contributed by atoms with E-state index in [0.717, 1.165) is 38.4 Å². The molecule has 3 rings (SSSR count). The molecule has 0 radical (unpaired) electrons. The van der Waals surface area contributed by atoms with Crippen molar-refractivity contribution in [2.24, 2.45) is 0 Å². The number of nitrogens with zero attached hydrogens (tertiary/aromatic N) is 2. The quantitative estimate of drug-likeness (QED) is 0.845. The number of carbonyl (C=O) groups excluding carboxylic acids is 1. The lowest BCUT2D eigenvalue weighted by molar-refractivity contribution is 0.0629. The fourth-order valence-corrected chi connectivity index (χ4v) is 3.58. The van der Waals surface area contributed by atoms with Crippen LogP contribution in [0.4, 0.5) is 11.4 Å². The second kappa shape index (κ2) is 7.02. The van der Waals surface area contributed by atoms with E-state index in [-0.39, 0.29) is 5.91 Å². The average Bonchev–Trinajstić information content (AvgIpc) is 3.08. The van der Waals surface area contributed by atoms with Crippen LogP contribution in [0, 0.1) is 0 Å². The summed E-state index contributed by atoms with van der Waals surface area (Å²) < 4.78 is 0. The Morgan fingerprint density at radius 2 is 2.04 bits per heavy atom. The first-order valence-corrected chi connectivity index (χ1v) is 8.66. The molecule has 5 nitrogen and oxygen atoms in total. The highest BCUT2D eigenvalue weighted by Crippen LogP contribution is 2.21. The minimum absolute atomic E-state index is 0.0649. The lowest BCUT2D eigenvalue weighted by atomic mass is 10.1. The molecule has 0 bridgehead atoms. The third-order valence-electron chi connectivity index (χ3n) is 4.19. The van der Waals surface area contributed by atoms with Crippen LogP contribution in [0.2, 0.25) is 0 Å². The zero-order valence-electron chi connectivity index (χ0n) is 13.3. The Kier molecular flexibility index (Phi) is 4.83. The summed E-state index contributed by atoms with van der Waals surface area (Å²) in [5.74, 6) is 0.0649. The number of piperazine rings is 1. The topological polar surface area (TPSA) is 61.6 Å². The zero-order chi connectivity index (χ0) is 16.2. The van der Waals surface area contributed by atoms with E-state index in [4.69, 9.17) is 5.73 Å². The number of nitrogens with one attached hydrogen (secondary N) is 1. The summed E-state index contributed by atoms with van der Waals surface area (Å²) in [6.07, 6.45) is 0. The van der Waals surface area contributed by atoms with E-state index in [0.29, 0.717) is 11.3 Å². The number of carbonyl (C=O) groups is 1. The Hall–Kier alpha value is -2.05. The lowest BCUT2D eigenvalue weighted by Crippen LogP contribution is -2.48. The van der Waals surface area contributed by atoms with Gasteiger partial charge >= 0.3 is 0 Å². The van der Waals surface area contributed by atoms with Crippen molar-refractivity contribution >= 4 is 28.6 Å². The van der Waals surface area contributed by atoms with E-state index in [1.165, 1.54) is 4.88 Å². The number of anilines is 2. The second-order valence-corrected chi connectivity index (χ2v) is 6.73. The van der Waals surface area contributed by atoms with Gasteiger partial charge in [0.1, 0.15) is 0 Å². The van der Waals surface area contributed by atoms with Crippen LogP contribution in [0.5, 0.6) is 0 Å². The fourth-order valence-electron chi connectivity index (χ4n) is 2.84. The maximum Gasteiger partial charge on any atom is 0.254 e. The van der Waals surface area contributed by atoms with Gasteiger partial charge in [-0.1, -0.05) is 6.07 Å². The van der Waals surface area contributed by atoms with Crippen LogP contribution in [0.15, 0.2) is 35.7 Å². The van der Waals surface area contributed by atoms with Gasteiger partial charge in [-0.25, -0.2) is 0 Å². The molecule has 1 saturated heterocycles. The third-order valence-corrected chi connectivity index (χ3v) is 5.05. The number of amides is 1. The zero-order valence-corrected chi connectivity index (χ0v) is 14.1. The van der Waals surface area contributed by atoms with Gasteiger partial charge in [-0.3, -0.25) is 9.69 Å². The molecule has 1 aromatic carbocycles. The van der Waals surface area contributed by atoms with Crippen LogP contribution in [0.1, 0.15) is 15.2 Å². The molecule has 1 amide bonds. The van der Waals surface area contributed by atoms with Gasteiger partial charge in [0.25, 0.3) is 5.91 Å². The SMILES string of the molecule is CNc1ccc(C(=O)N2CCN(Cc3cccs3)CC2)cc1N. The summed E-state index contributed by atoms with van der Waals surface area (Å²) in [6.45, 7) is 4.32. The van der Waals surface area contributed by atoms with Gasteiger partial charge < -0.3 is 16.0 Å². The number of rotatable bonds is 4. The molecule has 2 aromatic rings. The number of benzene rings is 1. The Bertz CT molecular complexity index is 663. The van der Waals surface area contributed by atoms with Crippen molar-refractivity contribution in [3.63, 3.8) is 0 Å². The van der Waals surface area contributed by atoms with Crippen LogP contribution in [-0.4, -0.2) is 48.9 Å². The molecule has 1 fully saturated rings. The lowest BCUT2D eigenvalue weighted by Gasteiger charge is -2.34. The average molecular weight is 330 g/mol. The van der Waals surface area contributed by atoms with Crippen LogP contribution in [0.3, 0.4) is 0 Å². The first-order valence-electron chi connectivity index (χ1n) is 7.78. The Morgan fingerprint density at radius 3 is 2.65 bits per heavy atom. The second-order valence-electron chi connectivity index (χ2n) is 5.70. The normalized spacial score (nSPS) is 15.6. The molecular formula is C17H22N4OS. The van der Waals surface area contributed by atoms with Gasteiger partial charge in [0.15, 0.2) is 0 Å². The summed E-state index contributed by atoms with van der Waals surface area (Å²) in [5, 5.41) is 5.12. The maximum atomic E-state index is 12.6. The molecule has 23 heavy (non-hydrogen) atoms. The molecule has 3 N–H and O–H groups in total. The van der Waals surface area contributed by atoms with E-state index >= 15 is 0 Å². The maximum absolute atomic E-state index is 12.6. The largest absolute Gasteiger partial charge is 0.397 e. The van der Waals surface area contributed by atoms with Crippen molar-refractivity contribution < 1.29 is 4.79 Å². The molecule has 1 aliphatic rings. The molecule has 0 unspecified atom stereocenters. The summed E-state index contributed by atoms with van der Waals surface area (Å²) in [4.78, 5) is 18.3. The molecular weight excluding hydrogens is 308 g/mol. The van der Waals surface area contributed by atoms with Gasteiger partial charge in [-0.2, -0.15) is 0 Å². The van der Waals surface area contributed by atoms with Crippen molar-refractivity contribution in [3.05, 3.63) is 46.2 Å². The number of nitrogens with two attached hydrogens (primary N) is 1. The Morgan fingerprint density at radius 1 is 1.26 bits per heavy atom. The van der Waals surface area contributed by atoms with E-state index < -0.39 is 0 Å². The van der Waals surface area contributed by atoms with Gasteiger partial charge in [0.2, 0.25) is 0 Å². The molecule has 0 spiro atoms. The minimum atomic E-state index is 0.0649. The summed E-state index contributed by atoms with van der Waals surface area (Å²) >= 11 is 1.78. The van der Waals surface area contributed by atoms with Crippen molar-refractivity contribution in [2.45, 2.75) is 6.54 Å². The molecule has 1 aliphatic heterocycles. The van der Waals surface area contributed by atoms with Gasteiger partial charge in [0.05, 0.1) is 11.4 Å². The molecule has 1 aromatic heterocycles. The minimum Gasteiger partial charge on any atom is -0.397 e. The smallest absolute Gasteiger partial charge is 0.254 e.